The summed E-state index contributed by atoms with van der Waals surface area (Å²) in [6.45, 7) is 3.65. The monoisotopic (exact) mass is 666 g/mol. The summed E-state index contributed by atoms with van der Waals surface area (Å²) in [6.07, 6.45) is 1.93. The standard InChI is InChI=1S/C27H46N12O8/c1-13(2)8-17(23(43)36-16(26(46)47)4-3-7-34-27(31)32)38-25(45)19(10-21(30)41)39-24(44)18(9-14-11-33-12-35-14)37-22(42)15(28)5-6-20(29)40/h11-13,15-19H,3-10,28H2,1-2H3,(H2,29,40)(H2,30,41)(H,33,35)(H,36,43)(H,37,42)(H,38,45)(H,39,44)(H,46,47)(H4,31,32,34)/t15-,16-,17-,18-,19-/m0/s1. The van der Waals surface area contributed by atoms with E-state index in [1.54, 1.807) is 13.8 Å². The Morgan fingerprint density at radius 2 is 1.40 bits per heavy atom. The maximum Gasteiger partial charge on any atom is 0.326 e. The SMILES string of the molecule is CC(C)C[C@H](NC(=O)[C@H](CC(N)=O)NC(=O)[C@H](Cc1cnc[nH]1)NC(=O)[C@@H](N)CCC(N)=O)C(=O)N[C@@H](CCCN=C(N)N)C(=O)O. The Balaban J connectivity index is 3.15. The summed E-state index contributed by atoms with van der Waals surface area (Å²) < 4.78 is 0. The zero-order valence-electron chi connectivity index (χ0n) is 26.4. The van der Waals surface area contributed by atoms with Gasteiger partial charge in [-0.3, -0.25) is 33.8 Å². The molecule has 20 heteroatoms. The Bertz CT molecular complexity index is 1270. The van der Waals surface area contributed by atoms with Crippen LogP contribution in [-0.2, 0) is 40.0 Å². The Labute approximate surface area is 270 Å². The van der Waals surface area contributed by atoms with Crippen LogP contribution in [0.25, 0.3) is 0 Å². The smallest absolute Gasteiger partial charge is 0.326 e. The molecule has 0 saturated heterocycles. The molecular weight excluding hydrogens is 620 g/mol. The van der Waals surface area contributed by atoms with E-state index >= 15 is 0 Å². The molecule has 1 aromatic heterocycles. The number of primary amides is 2. The predicted octanol–water partition coefficient (Wildman–Crippen LogP) is -4.46. The van der Waals surface area contributed by atoms with Crippen molar-refractivity contribution in [2.75, 3.05) is 6.54 Å². The van der Waals surface area contributed by atoms with Gasteiger partial charge in [0.15, 0.2) is 5.96 Å². The third-order valence-electron chi connectivity index (χ3n) is 6.59. The Kier molecular flexibility index (Phi) is 16.9. The van der Waals surface area contributed by atoms with Gasteiger partial charge in [0.05, 0.1) is 18.8 Å². The summed E-state index contributed by atoms with van der Waals surface area (Å²) in [6, 6.07) is -6.72. The number of nitrogens with two attached hydrogens (primary N) is 5. The zero-order chi connectivity index (χ0) is 35.7. The van der Waals surface area contributed by atoms with E-state index < -0.39 is 78.0 Å². The van der Waals surface area contributed by atoms with Gasteiger partial charge >= 0.3 is 5.97 Å². The van der Waals surface area contributed by atoms with E-state index in [-0.39, 0.29) is 56.9 Å². The highest BCUT2D eigenvalue weighted by Gasteiger charge is 2.33. The first-order valence-electron chi connectivity index (χ1n) is 14.8. The third kappa shape index (κ3) is 16.0. The van der Waals surface area contributed by atoms with Gasteiger partial charge in [-0.1, -0.05) is 13.8 Å². The molecule has 0 saturated carbocycles. The molecule has 0 aliphatic carbocycles. The number of aliphatic imine (C=N–C) groups is 1. The number of aliphatic carboxylic acids is 1. The largest absolute Gasteiger partial charge is 0.480 e. The molecule has 0 radical (unpaired) electrons. The summed E-state index contributed by atoms with van der Waals surface area (Å²) in [4.78, 5) is 97.9. The zero-order valence-corrected chi connectivity index (χ0v) is 26.4. The van der Waals surface area contributed by atoms with E-state index in [0.29, 0.717) is 5.69 Å². The molecule has 5 atom stereocenters. The van der Waals surface area contributed by atoms with E-state index in [9.17, 15) is 38.7 Å². The van der Waals surface area contributed by atoms with Crippen LogP contribution in [0.15, 0.2) is 17.5 Å². The van der Waals surface area contributed by atoms with Gasteiger partial charge in [0.2, 0.25) is 35.4 Å². The number of guanidine groups is 1. The highest BCUT2D eigenvalue weighted by molar-refractivity contribution is 5.97. The molecule has 47 heavy (non-hydrogen) atoms. The molecule has 0 aromatic carbocycles. The van der Waals surface area contributed by atoms with Crippen molar-refractivity contribution in [3.05, 3.63) is 18.2 Å². The molecule has 0 unspecified atom stereocenters. The van der Waals surface area contributed by atoms with Gasteiger partial charge in [-0.2, -0.15) is 0 Å². The number of imidazole rings is 1. The molecule has 0 fully saturated rings. The summed E-state index contributed by atoms with van der Waals surface area (Å²) >= 11 is 0. The molecule has 1 rings (SSSR count). The molecule has 0 bridgehead atoms. The first-order valence-corrected chi connectivity index (χ1v) is 14.8. The van der Waals surface area contributed by atoms with Gasteiger partial charge in [-0.05, 0) is 31.6 Å². The van der Waals surface area contributed by atoms with Gasteiger partial charge in [0.1, 0.15) is 24.2 Å². The maximum atomic E-state index is 13.4. The predicted molar refractivity (Wildman–Crippen MR) is 167 cm³/mol. The number of carboxylic acid groups (broad SMARTS) is 1. The first kappa shape index (κ1) is 39.8. The number of carbonyl (C=O) groups is 7. The molecule has 0 spiro atoms. The van der Waals surface area contributed by atoms with Crippen molar-refractivity contribution in [2.45, 2.75) is 89.0 Å². The van der Waals surface area contributed by atoms with Crippen LogP contribution in [0.3, 0.4) is 0 Å². The third-order valence-corrected chi connectivity index (χ3v) is 6.59. The lowest BCUT2D eigenvalue weighted by Crippen LogP contribution is -2.59. The van der Waals surface area contributed by atoms with Crippen LogP contribution in [0.5, 0.6) is 0 Å². The van der Waals surface area contributed by atoms with Crippen molar-refractivity contribution >= 4 is 47.4 Å². The van der Waals surface area contributed by atoms with Gasteiger partial charge < -0.3 is 60.0 Å². The lowest BCUT2D eigenvalue weighted by Gasteiger charge is -2.26. The number of rotatable bonds is 22. The van der Waals surface area contributed by atoms with E-state index in [4.69, 9.17) is 28.7 Å². The highest BCUT2D eigenvalue weighted by Crippen LogP contribution is 2.09. The van der Waals surface area contributed by atoms with Gasteiger partial charge in [0, 0.05) is 31.3 Å². The fraction of sp³-hybridized carbons (Fsp3) is 0.593. The second-order valence-electron chi connectivity index (χ2n) is 11.2. The van der Waals surface area contributed by atoms with E-state index in [0.717, 1.165) is 0 Å². The lowest BCUT2D eigenvalue weighted by molar-refractivity contribution is -0.142. The molecule has 0 aliphatic heterocycles. The van der Waals surface area contributed by atoms with Crippen molar-refractivity contribution in [3.8, 4) is 0 Å². The molecular formula is C27H46N12O8. The molecule has 262 valence electrons. The molecule has 1 heterocycles. The Morgan fingerprint density at radius 3 is 1.94 bits per heavy atom. The van der Waals surface area contributed by atoms with Crippen molar-refractivity contribution in [3.63, 3.8) is 0 Å². The average molecular weight is 667 g/mol. The summed E-state index contributed by atoms with van der Waals surface area (Å²) in [5.41, 5.74) is 27.3. The van der Waals surface area contributed by atoms with Crippen molar-refractivity contribution < 1.29 is 38.7 Å². The van der Waals surface area contributed by atoms with Crippen LogP contribution in [0, 0.1) is 5.92 Å². The van der Waals surface area contributed by atoms with E-state index in [1.807, 2.05) is 0 Å². The number of aromatic amines is 1. The van der Waals surface area contributed by atoms with Gasteiger partial charge in [0.25, 0.3) is 0 Å². The number of nitrogens with zero attached hydrogens (tertiary/aromatic N) is 2. The first-order chi connectivity index (χ1) is 22.0. The fourth-order valence-electron chi connectivity index (χ4n) is 4.22. The van der Waals surface area contributed by atoms with Crippen LogP contribution in [0.2, 0.25) is 0 Å². The van der Waals surface area contributed by atoms with Crippen LogP contribution in [-0.4, -0.2) is 99.2 Å². The van der Waals surface area contributed by atoms with E-state index in [1.165, 1.54) is 12.5 Å². The maximum absolute atomic E-state index is 13.4. The molecule has 1 aromatic rings. The minimum atomic E-state index is -1.60. The van der Waals surface area contributed by atoms with E-state index in [2.05, 4.69) is 36.2 Å². The number of amides is 6. The second kappa shape index (κ2) is 20.0. The number of hydrogen-bond acceptors (Lipinski definition) is 10. The quantitative estimate of drug-likeness (QED) is 0.0317. The summed E-state index contributed by atoms with van der Waals surface area (Å²) in [5, 5.41) is 19.3. The Hall–Kier alpha value is -5.27. The fourth-order valence-corrected chi connectivity index (χ4v) is 4.22. The van der Waals surface area contributed by atoms with Crippen molar-refractivity contribution in [2.24, 2.45) is 39.6 Å². The molecule has 6 amide bonds. The van der Waals surface area contributed by atoms with Gasteiger partial charge in [-0.25, -0.2) is 9.78 Å². The Morgan fingerprint density at radius 1 is 0.830 bits per heavy atom. The van der Waals surface area contributed by atoms with Crippen LogP contribution < -0.4 is 49.9 Å². The minimum absolute atomic E-state index is 0.0177. The minimum Gasteiger partial charge on any atom is -0.480 e. The molecule has 20 nitrogen and oxygen atoms in total. The highest BCUT2D eigenvalue weighted by atomic mass is 16.4. The average Bonchev–Trinajstić information content (AvgIpc) is 3.48. The summed E-state index contributed by atoms with van der Waals surface area (Å²) in [5.74, 6) is -6.78. The number of carbonyl (C=O) groups excluding carboxylic acids is 6. The van der Waals surface area contributed by atoms with Crippen LogP contribution in [0.4, 0.5) is 0 Å². The number of aromatic nitrogens is 2. The topological polar surface area (TPSA) is 359 Å². The van der Waals surface area contributed by atoms with Crippen molar-refractivity contribution in [1.82, 2.24) is 31.2 Å². The number of hydrogen-bond donors (Lipinski definition) is 11. The number of carboxylic acids is 1. The number of nitrogens with one attached hydrogen (secondary N) is 5. The van der Waals surface area contributed by atoms with Crippen LogP contribution >= 0.6 is 0 Å². The molecule has 16 N–H and O–H groups in total. The normalized spacial score (nSPS) is 14.0. The van der Waals surface area contributed by atoms with Gasteiger partial charge in [-0.15, -0.1) is 0 Å². The second-order valence-corrected chi connectivity index (χ2v) is 11.2. The lowest BCUT2D eigenvalue weighted by atomic mass is 10.0. The molecule has 0 aliphatic rings. The van der Waals surface area contributed by atoms with Crippen LogP contribution in [0.1, 0.15) is 58.1 Å². The summed E-state index contributed by atoms with van der Waals surface area (Å²) in [7, 11) is 0. The van der Waals surface area contributed by atoms with Crippen molar-refractivity contribution in [1.29, 1.82) is 0 Å². The number of H-pyrrole nitrogens is 1.